The van der Waals surface area contributed by atoms with Gasteiger partial charge in [0.05, 0.1) is 0 Å². The lowest BCUT2D eigenvalue weighted by Gasteiger charge is -2.11. The first-order valence-electron chi connectivity index (χ1n) is 4.96. The van der Waals surface area contributed by atoms with E-state index in [4.69, 9.17) is 6.42 Å². The van der Waals surface area contributed by atoms with Gasteiger partial charge in [-0.1, -0.05) is 6.92 Å². The van der Waals surface area contributed by atoms with Crippen LogP contribution in [0.25, 0.3) is 0 Å². The molecule has 2 N–H and O–H groups in total. The first kappa shape index (κ1) is 11.3. The van der Waals surface area contributed by atoms with Gasteiger partial charge in [0.2, 0.25) is 0 Å². The molecule has 1 aromatic heterocycles. The maximum atomic E-state index is 11.2. The van der Waals surface area contributed by atoms with E-state index in [1.54, 1.807) is 0 Å². The summed E-state index contributed by atoms with van der Waals surface area (Å²) in [4.78, 5) is 18.1. The van der Waals surface area contributed by atoms with Crippen molar-refractivity contribution in [3.8, 4) is 12.3 Å². The summed E-state index contributed by atoms with van der Waals surface area (Å²) in [5, 5.41) is 3.08. The molecule has 0 bridgehead atoms. The van der Waals surface area contributed by atoms with E-state index in [9.17, 15) is 4.79 Å². The molecule has 0 radical (unpaired) electrons. The molecule has 0 aliphatic rings. The molecule has 1 atom stereocenters. The standard InChI is InChI=1S/C11H15N3O/c1-4-6-8(3)12-10-7-11(15)14-9(5-2)13-10/h1,7-8H,5-6H2,2-3H3,(H2,12,13,14,15). The normalized spacial score (nSPS) is 11.8. The molecule has 80 valence electrons. The fraction of sp³-hybridized carbons (Fsp3) is 0.455. The number of hydrogen-bond acceptors (Lipinski definition) is 3. The van der Waals surface area contributed by atoms with Gasteiger partial charge in [0, 0.05) is 24.9 Å². The van der Waals surface area contributed by atoms with E-state index in [2.05, 4.69) is 21.2 Å². The second-order valence-electron chi connectivity index (χ2n) is 3.38. The summed E-state index contributed by atoms with van der Waals surface area (Å²) in [6.07, 6.45) is 6.50. The van der Waals surface area contributed by atoms with Crippen molar-refractivity contribution >= 4 is 5.82 Å². The van der Waals surface area contributed by atoms with Gasteiger partial charge < -0.3 is 10.3 Å². The minimum atomic E-state index is -0.141. The molecule has 0 aromatic carbocycles. The van der Waals surface area contributed by atoms with Crippen molar-refractivity contribution in [1.82, 2.24) is 9.97 Å². The van der Waals surface area contributed by atoms with E-state index in [0.717, 1.165) is 0 Å². The Labute approximate surface area is 89.1 Å². The Balaban J connectivity index is 2.82. The molecule has 4 heteroatoms. The third-order valence-electron chi connectivity index (χ3n) is 1.94. The monoisotopic (exact) mass is 205 g/mol. The summed E-state index contributed by atoms with van der Waals surface area (Å²) in [5.41, 5.74) is -0.141. The number of terminal acetylenes is 1. The second kappa shape index (κ2) is 5.20. The van der Waals surface area contributed by atoms with Crippen molar-refractivity contribution in [3.05, 3.63) is 22.2 Å². The van der Waals surface area contributed by atoms with Crippen molar-refractivity contribution < 1.29 is 0 Å². The SMILES string of the molecule is C#CCC(C)Nc1cc(=O)[nH]c(CC)n1. The summed E-state index contributed by atoms with van der Waals surface area (Å²) in [5.74, 6) is 3.82. The smallest absolute Gasteiger partial charge is 0.252 e. The first-order valence-corrected chi connectivity index (χ1v) is 4.96. The van der Waals surface area contributed by atoms with E-state index < -0.39 is 0 Å². The highest BCUT2D eigenvalue weighted by Crippen LogP contribution is 2.03. The van der Waals surface area contributed by atoms with Crippen LogP contribution < -0.4 is 10.9 Å². The maximum absolute atomic E-state index is 11.2. The Bertz CT molecular complexity index is 417. The van der Waals surface area contributed by atoms with Gasteiger partial charge >= 0.3 is 0 Å². The number of nitrogens with zero attached hydrogens (tertiary/aromatic N) is 1. The number of hydrogen-bond donors (Lipinski definition) is 2. The molecule has 1 unspecified atom stereocenters. The highest BCUT2D eigenvalue weighted by molar-refractivity contribution is 5.34. The van der Waals surface area contributed by atoms with Crippen molar-refractivity contribution in [2.24, 2.45) is 0 Å². The molecule has 0 amide bonds. The number of aromatic nitrogens is 2. The zero-order valence-corrected chi connectivity index (χ0v) is 9.00. The quantitative estimate of drug-likeness (QED) is 0.725. The summed E-state index contributed by atoms with van der Waals surface area (Å²) in [6, 6.07) is 1.56. The molecule has 0 aliphatic heterocycles. The molecule has 1 rings (SSSR count). The third-order valence-corrected chi connectivity index (χ3v) is 1.94. The van der Waals surface area contributed by atoms with Gasteiger partial charge in [0.25, 0.3) is 5.56 Å². The zero-order valence-electron chi connectivity index (χ0n) is 9.00. The fourth-order valence-electron chi connectivity index (χ4n) is 1.23. The highest BCUT2D eigenvalue weighted by Gasteiger charge is 2.03. The molecule has 0 fully saturated rings. The summed E-state index contributed by atoms with van der Waals surface area (Å²) < 4.78 is 0. The van der Waals surface area contributed by atoms with Crippen molar-refractivity contribution in [2.45, 2.75) is 32.7 Å². The van der Waals surface area contributed by atoms with E-state index in [0.29, 0.717) is 24.5 Å². The van der Waals surface area contributed by atoms with Crippen LogP contribution >= 0.6 is 0 Å². The Kier molecular flexibility index (Phi) is 3.92. The topological polar surface area (TPSA) is 57.8 Å². The molecule has 0 saturated carbocycles. The van der Waals surface area contributed by atoms with Crippen molar-refractivity contribution in [1.29, 1.82) is 0 Å². The summed E-state index contributed by atoms with van der Waals surface area (Å²) in [7, 11) is 0. The number of anilines is 1. The number of H-pyrrole nitrogens is 1. The van der Waals surface area contributed by atoms with Crippen LogP contribution in [0.2, 0.25) is 0 Å². The summed E-state index contributed by atoms with van der Waals surface area (Å²) in [6.45, 7) is 3.89. The lowest BCUT2D eigenvalue weighted by molar-refractivity contribution is 0.811. The van der Waals surface area contributed by atoms with Gasteiger partial charge in [-0.05, 0) is 6.92 Å². The molecule has 1 heterocycles. The molecule has 4 nitrogen and oxygen atoms in total. The van der Waals surface area contributed by atoms with Crippen LogP contribution in [0.15, 0.2) is 10.9 Å². The lowest BCUT2D eigenvalue weighted by Crippen LogP contribution is -2.19. The summed E-state index contributed by atoms with van der Waals surface area (Å²) >= 11 is 0. The van der Waals surface area contributed by atoms with Crippen molar-refractivity contribution in [2.75, 3.05) is 5.32 Å². The van der Waals surface area contributed by atoms with E-state index in [-0.39, 0.29) is 11.6 Å². The Morgan fingerprint density at radius 3 is 3.07 bits per heavy atom. The highest BCUT2D eigenvalue weighted by atomic mass is 16.1. The van der Waals surface area contributed by atoms with E-state index in [1.807, 2.05) is 13.8 Å². The van der Waals surface area contributed by atoms with Gasteiger partial charge in [-0.25, -0.2) is 4.98 Å². The minimum Gasteiger partial charge on any atom is -0.366 e. The predicted molar refractivity (Wildman–Crippen MR) is 60.8 cm³/mol. The zero-order chi connectivity index (χ0) is 11.3. The molecule has 0 aliphatic carbocycles. The average molecular weight is 205 g/mol. The van der Waals surface area contributed by atoms with Crippen LogP contribution in [-0.2, 0) is 6.42 Å². The second-order valence-corrected chi connectivity index (χ2v) is 3.38. The van der Waals surface area contributed by atoms with Gasteiger partial charge in [-0.15, -0.1) is 12.3 Å². The van der Waals surface area contributed by atoms with Crippen molar-refractivity contribution in [3.63, 3.8) is 0 Å². The molecular weight excluding hydrogens is 190 g/mol. The number of rotatable bonds is 4. The van der Waals surface area contributed by atoms with Gasteiger partial charge in [0.1, 0.15) is 11.6 Å². The number of aromatic amines is 1. The van der Waals surface area contributed by atoms with Crippen LogP contribution in [-0.4, -0.2) is 16.0 Å². The minimum absolute atomic E-state index is 0.119. The van der Waals surface area contributed by atoms with Crippen LogP contribution in [0, 0.1) is 12.3 Å². The van der Waals surface area contributed by atoms with E-state index in [1.165, 1.54) is 6.07 Å². The van der Waals surface area contributed by atoms with Crippen LogP contribution in [0.3, 0.4) is 0 Å². The Hall–Kier alpha value is -1.76. The largest absolute Gasteiger partial charge is 0.366 e. The number of aryl methyl sites for hydroxylation is 1. The van der Waals surface area contributed by atoms with E-state index >= 15 is 0 Å². The molecule has 0 saturated heterocycles. The lowest BCUT2D eigenvalue weighted by atomic mass is 10.2. The Morgan fingerprint density at radius 1 is 1.73 bits per heavy atom. The third kappa shape index (κ3) is 3.47. The van der Waals surface area contributed by atoms with Crippen LogP contribution in [0.1, 0.15) is 26.1 Å². The Morgan fingerprint density at radius 2 is 2.47 bits per heavy atom. The fourth-order valence-corrected chi connectivity index (χ4v) is 1.23. The van der Waals surface area contributed by atoms with Gasteiger partial charge in [-0.3, -0.25) is 4.79 Å². The molecule has 15 heavy (non-hydrogen) atoms. The molecular formula is C11H15N3O. The number of nitrogens with one attached hydrogen (secondary N) is 2. The van der Waals surface area contributed by atoms with Gasteiger partial charge in [0.15, 0.2) is 0 Å². The maximum Gasteiger partial charge on any atom is 0.252 e. The van der Waals surface area contributed by atoms with Gasteiger partial charge in [-0.2, -0.15) is 0 Å². The van der Waals surface area contributed by atoms with Crippen LogP contribution in [0.4, 0.5) is 5.82 Å². The van der Waals surface area contributed by atoms with Crippen LogP contribution in [0.5, 0.6) is 0 Å². The first-order chi connectivity index (χ1) is 7.15. The predicted octanol–water partition coefficient (Wildman–Crippen LogP) is 1.16. The molecule has 0 spiro atoms. The molecule has 1 aromatic rings. The average Bonchev–Trinajstić information content (AvgIpc) is 2.17.